The topological polar surface area (TPSA) is 49.5 Å². The molecule has 0 saturated carbocycles. The highest BCUT2D eigenvalue weighted by Crippen LogP contribution is 2.12. The van der Waals surface area contributed by atoms with Crippen molar-refractivity contribution in [3.63, 3.8) is 0 Å². The predicted octanol–water partition coefficient (Wildman–Crippen LogP) is 1.45. The van der Waals surface area contributed by atoms with Crippen LogP contribution in [0.4, 0.5) is 0 Å². The van der Waals surface area contributed by atoms with Crippen molar-refractivity contribution in [3.8, 4) is 0 Å². The van der Waals surface area contributed by atoms with Crippen LogP contribution in [-0.2, 0) is 0 Å². The summed E-state index contributed by atoms with van der Waals surface area (Å²) in [6.45, 7) is 11.4. The fourth-order valence-corrected chi connectivity index (χ4v) is 1.76. The van der Waals surface area contributed by atoms with Crippen LogP contribution in [0.25, 0.3) is 0 Å². The number of nitrogens with zero attached hydrogens (tertiary/aromatic N) is 1. The zero-order valence-electron chi connectivity index (χ0n) is 10.8. The molecule has 0 radical (unpaired) electrons. The van der Waals surface area contributed by atoms with E-state index in [9.17, 15) is 5.11 Å². The molecule has 0 aromatic carbocycles. The van der Waals surface area contributed by atoms with E-state index in [-0.39, 0.29) is 0 Å². The number of aliphatic hydroxyl groups is 1. The quantitative estimate of drug-likeness (QED) is 0.646. The van der Waals surface area contributed by atoms with Crippen LogP contribution < -0.4 is 5.73 Å². The third-order valence-electron chi connectivity index (χ3n) is 3.12. The normalized spacial score (nSPS) is 16.0. The standard InChI is InChI=1S/C12H28N2O/c1-5-11(6-2)8-14(7-3)10-12(4,15)9-13/h11,15H,5-10,13H2,1-4H3. The van der Waals surface area contributed by atoms with Crippen LogP contribution >= 0.6 is 0 Å². The molecule has 0 saturated heterocycles. The lowest BCUT2D eigenvalue weighted by Crippen LogP contribution is -2.47. The van der Waals surface area contributed by atoms with E-state index in [1.54, 1.807) is 0 Å². The first-order valence-corrected chi connectivity index (χ1v) is 6.13. The molecular formula is C12H28N2O. The van der Waals surface area contributed by atoms with Gasteiger partial charge in [-0.15, -0.1) is 0 Å². The molecule has 0 aromatic rings. The highest BCUT2D eigenvalue weighted by molar-refractivity contribution is 4.78. The van der Waals surface area contributed by atoms with Gasteiger partial charge in [0.15, 0.2) is 0 Å². The molecule has 3 nitrogen and oxygen atoms in total. The molecule has 0 aliphatic heterocycles. The van der Waals surface area contributed by atoms with Gasteiger partial charge >= 0.3 is 0 Å². The lowest BCUT2D eigenvalue weighted by Gasteiger charge is -2.32. The van der Waals surface area contributed by atoms with E-state index in [1.165, 1.54) is 12.8 Å². The second-order valence-corrected chi connectivity index (χ2v) is 4.71. The Bertz CT molecular complexity index is 156. The van der Waals surface area contributed by atoms with E-state index in [0.29, 0.717) is 13.1 Å². The predicted molar refractivity (Wildman–Crippen MR) is 65.9 cm³/mol. The lowest BCUT2D eigenvalue weighted by atomic mass is 10.0. The van der Waals surface area contributed by atoms with Gasteiger partial charge in [-0.1, -0.05) is 33.6 Å². The number of hydrogen-bond acceptors (Lipinski definition) is 3. The Morgan fingerprint density at radius 3 is 2.13 bits per heavy atom. The van der Waals surface area contributed by atoms with E-state index >= 15 is 0 Å². The molecule has 0 aliphatic rings. The maximum atomic E-state index is 9.92. The van der Waals surface area contributed by atoms with E-state index in [1.807, 2.05) is 6.92 Å². The second kappa shape index (κ2) is 7.20. The maximum absolute atomic E-state index is 9.92. The van der Waals surface area contributed by atoms with Crippen LogP contribution in [0.1, 0.15) is 40.5 Å². The van der Waals surface area contributed by atoms with Gasteiger partial charge in [-0.2, -0.15) is 0 Å². The molecule has 15 heavy (non-hydrogen) atoms. The molecule has 0 aromatic heterocycles. The molecule has 1 atom stereocenters. The van der Waals surface area contributed by atoms with Gasteiger partial charge in [0.2, 0.25) is 0 Å². The summed E-state index contributed by atoms with van der Waals surface area (Å²) >= 11 is 0. The molecule has 0 aliphatic carbocycles. The van der Waals surface area contributed by atoms with Gasteiger partial charge in [0.25, 0.3) is 0 Å². The van der Waals surface area contributed by atoms with E-state index in [0.717, 1.165) is 19.0 Å². The SMILES string of the molecule is CCC(CC)CN(CC)CC(C)(O)CN. The van der Waals surface area contributed by atoms with E-state index in [4.69, 9.17) is 5.73 Å². The smallest absolute Gasteiger partial charge is 0.0867 e. The van der Waals surface area contributed by atoms with Crippen molar-refractivity contribution in [2.75, 3.05) is 26.2 Å². The van der Waals surface area contributed by atoms with Crippen molar-refractivity contribution < 1.29 is 5.11 Å². The van der Waals surface area contributed by atoms with Gasteiger partial charge < -0.3 is 15.7 Å². The van der Waals surface area contributed by atoms with Gasteiger partial charge in [-0.05, 0) is 19.4 Å². The minimum Gasteiger partial charge on any atom is -0.388 e. The summed E-state index contributed by atoms with van der Waals surface area (Å²) in [5.41, 5.74) is 4.78. The monoisotopic (exact) mass is 216 g/mol. The Morgan fingerprint density at radius 1 is 1.27 bits per heavy atom. The van der Waals surface area contributed by atoms with Crippen LogP contribution in [-0.4, -0.2) is 41.8 Å². The second-order valence-electron chi connectivity index (χ2n) is 4.71. The average Bonchev–Trinajstić information content (AvgIpc) is 2.24. The Labute approximate surface area is 94.6 Å². The molecule has 1 unspecified atom stereocenters. The first-order valence-electron chi connectivity index (χ1n) is 6.13. The summed E-state index contributed by atoms with van der Waals surface area (Å²) in [6.07, 6.45) is 2.41. The molecule has 3 N–H and O–H groups in total. The molecule has 0 fully saturated rings. The zero-order chi connectivity index (χ0) is 11.9. The van der Waals surface area contributed by atoms with Crippen molar-refractivity contribution in [1.82, 2.24) is 4.90 Å². The van der Waals surface area contributed by atoms with Gasteiger partial charge in [0, 0.05) is 19.6 Å². The highest BCUT2D eigenvalue weighted by atomic mass is 16.3. The third kappa shape index (κ3) is 6.13. The third-order valence-corrected chi connectivity index (χ3v) is 3.12. The first-order chi connectivity index (χ1) is 6.99. The van der Waals surface area contributed by atoms with Crippen LogP contribution in [0, 0.1) is 5.92 Å². The minimum atomic E-state index is -0.748. The van der Waals surface area contributed by atoms with Crippen molar-refractivity contribution in [2.24, 2.45) is 11.7 Å². The summed E-state index contributed by atoms with van der Waals surface area (Å²) in [5.74, 6) is 0.735. The van der Waals surface area contributed by atoms with Gasteiger partial charge in [0.05, 0.1) is 5.60 Å². The molecule has 0 bridgehead atoms. The van der Waals surface area contributed by atoms with Crippen molar-refractivity contribution in [3.05, 3.63) is 0 Å². The fourth-order valence-electron chi connectivity index (χ4n) is 1.76. The zero-order valence-corrected chi connectivity index (χ0v) is 10.8. The average molecular weight is 216 g/mol. The largest absolute Gasteiger partial charge is 0.388 e. The molecular weight excluding hydrogens is 188 g/mol. The minimum absolute atomic E-state index is 0.326. The van der Waals surface area contributed by atoms with E-state index < -0.39 is 5.60 Å². The lowest BCUT2D eigenvalue weighted by molar-refractivity contribution is 0.0238. The molecule has 0 rings (SSSR count). The summed E-state index contributed by atoms with van der Waals surface area (Å²) in [6, 6.07) is 0. The van der Waals surface area contributed by atoms with Crippen LogP contribution in [0.3, 0.4) is 0 Å². The van der Waals surface area contributed by atoms with Crippen molar-refractivity contribution >= 4 is 0 Å². The summed E-state index contributed by atoms with van der Waals surface area (Å²) < 4.78 is 0. The molecule has 0 heterocycles. The van der Waals surface area contributed by atoms with Gasteiger partial charge in [-0.3, -0.25) is 0 Å². The summed E-state index contributed by atoms with van der Waals surface area (Å²) in [7, 11) is 0. The number of likely N-dealkylation sites (N-methyl/N-ethyl adjacent to an activating group) is 1. The molecule has 3 heteroatoms. The molecule has 0 amide bonds. The number of hydrogen-bond donors (Lipinski definition) is 2. The fraction of sp³-hybridized carbons (Fsp3) is 1.00. The summed E-state index contributed by atoms with van der Waals surface area (Å²) in [5, 5.41) is 9.92. The first kappa shape index (κ1) is 14.9. The van der Waals surface area contributed by atoms with Crippen LogP contribution in [0.15, 0.2) is 0 Å². The Hall–Kier alpha value is -0.120. The molecule has 92 valence electrons. The summed E-state index contributed by atoms with van der Waals surface area (Å²) in [4.78, 5) is 2.30. The van der Waals surface area contributed by atoms with Crippen molar-refractivity contribution in [1.29, 1.82) is 0 Å². The highest BCUT2D eigenvalue weighted by Gasteiger charge is 2.22. The van der Waals surface area contributed by atoms with Gasteiger partial charge in [-0.25, -0.2) is 0 Å². The van der Waals surface area contributed by atoms with Crippen LogP contribution in [0.5, 0.6) is 0 Å². The Morgan fingerprint density at radius 2 is 1.80 bits per heavy atom. The van der Waals surface area contributed by atoms with Crippen molar-refractivity contribution in [2.45, 2.75) is 46.1 Å². The number of nitrogens with two attached hydrogens (primary N) is 1. The Kier molecular flexibility index (Phi) is 7.14. The van der Waals surface area contributed by atoms with Crippen LogP contribution in [0.2, 0.25) is 0 Å². The molecule has 0 spiro atoms. The van der Waals surface area contributed by atoms with E-state index in [2.05, 4.69) is 25.7 Å². The Balaban J connectivity index is 4.13. The number of rotatable bonds is 8. The maximum Gasteiger partial charge on any atom is 0.0867 e. The van der Waals surface area contributed by atoms with Gasteiger partial charge in [0.1, 0.15) is 0 Å².